The fraction of sp³-hybridized carbons (Fsp3) is 0.588. The molecule has 1 fully saturated rings. The van der Waals surface area contributed by atoms with Gasteiger partial charge in [0.1, 0.15) is 11.6 Å². The number of hydrogen-bond donors (Lipinski definition) is 2. The molecule has 2 rings (SSSR count). The summed E-state index contributed by atoms with van der Waals surface area (Å²) in [5.74, 6) is -0.170. The number of hydroxylamine groups is 1. The summed E-state index contributed by atoms with van der Waals surface area (Å²) in [5.41, 5.74) is 3.76. The summed E-state index contributed by atoms with van der Waals surface area (Å²) in [6, 6.07) is 10.0. The molecule has 0 saturated carbocycles. The number of rotatable bonds is 5. The second-order valence-corrected chi connectivity index (χ2v) is 6.66. The molecule has 0 amide bonds. The van der Waals surface area contributed by atoms with Crippen LogP contribution in [-0.4, -0.2) is 30.2 Å². The lowest BCUT2D eigenvalue weighted by molar-refractivity contribution is -0.158. The predicted octanol–water partition coefficient (Wildman–Crippen LogP) is 2.17. The maximum atomic E-state index is 12.0. The minimum absolute atomic E-state index is 0.170. The van der Waals surface area contributed by atoms with E-state index in [1.54, 1.807) is 0 Å². The third-order valence-corrected chi connectivity index (χ3v) is 3.44. The van der Waals surface area contributed by atoms with Crippen molar-refractivity contribution in [3.8, 4) is 0 Å². The van der Waals surface area contributed by atoms with Gasteiger partial charge in [-0.15, -0.1) is 0 Å². The Labute approximate surface area is 132 Å². The summed E-state index contributed by atoms with van der Waals surface area (Å²) >= 11 is 0. The molecule has 0 aromatic heterocycles. The number of carbonyl (C=O) groups excluding carboxylic acids is 1. The van der Waals surface area contributed by atoms with E-state index in [1.165, 1.54) is 0 Å². The lowest BCUT2D eigenvalue weighted by Crippen LogP contribution is -2.51. The summed E-state index contributed by atoms with van der Waals surface area (Å²) in [5, 5.41) is 3.22. The van der Waals surface area contributed by atoms with E-state index in [-0.39, 0.29) is 18.1 Å². The van der Waals surface area contributed by atoms with E-state index in [0.29, 0.717) is 13.2 Å². The average Bonchev–Trinajstić information content (AvgIpc) is 2.47. The van der Waals surface area contributed by atoms with Crippen molar-refractivity contribution in [1.29, 1.82) is 0 Å². The molecule has 2 atom stereocenters. The second kappa shape index (κ2) is 7.72. The first kappa shape index (κ1) is 16.9. The Bertz CT molecular complexity index is 463. The van der Waals surface area contributed by atoms with E-state index >= 15 is 0 Å². The van der Waals surface area contributed by atoms with Gasteiger partial charge in [-0.05, 0) is 39.2 Å². The first-order valence-corrected chi connectivity index (χ1v) is 7.81. The number of esters is 1. The van der Waals surface area contributed by atoms with Gasteiger partial charge in [0.15, 0.2) is 0 Å². The van der Waals surface area contributed by atoms with Crippen molar-refractivity contribution >= 4 is 5.97 Å². The highest BCUT2D eigenvalue weighted by Crippen LogP contribution is 2.14. The molecule has 1 heterocycles. The Balaban J connectivity index is 1.66. The van der Waals surface area contributed by atoms with Gasteiger partial charge in [-0.2, -0.15) is 5.48 Å². The first-order chi connectivity index (χ1) is 10.4. The van der Waals surface area contributed by atoms with Crippen molar-refractivity contribution < 1.29 is 14.4 Å². The van der Waals surface area contributed by atoms with Crippen LogP contribution >= 0.6 is 0 Å². The zero-order chi connectivity index (χ0) is 16.0. The second-order valence-electron chi connectivity index (χ2n) is 6.66. The normalized spacial score (nSPS) is 22.3. The third-order valence-electron chi connectivity index (χ3n) is 3.44. The third kappa shape index (κ3) is 5.75. The van der Waals surface area contributed by atoms with Crippen LogP contribution in [0.5, 0.6) is 0 Å². The van der Waals surface area contributed by atoms with E-state index < -0.39 is 5.60 Å². The van der Waals surface area contributed by atoms with Gasteiger partial charge in [0.05, 0.1) is 6.61 Å². The minimum Gasteiger partial charge on any atom is -0.459 e. The molecule has 1 aliphatic heterocycles. The van der Waals surface area contributed by atoms with Gasteiger partial charge in [-0.25, -0.2) is 0 Å². The molecule has 5 heteroatoms. The quantitative estimate of drug-likeness (QED) is 0.645. The van der Waals surface area contributed by atoms with Crippen LogP contribution in [0.4, 0.5) is 0 Å². The van der Waals surface area contributed by atoms with Gasteiger partial charge in [-0.1, -0.05) is 30.3 Å². The van der Waals surface area contributed by atoms with Crippen molar-refractivity contribution in [1.82, 2.24) is 10.8 Å². The zero-order valence-corrected chi connectivity index (χ0v) is 13.6. The van der Waals surface area contributed by atoms with Gasteiger partial charge in [0.25, 0.3) is 0 Å². The molecule has 1 aromatic carbocycles. The predicted molar refractivity (Wildman–Crippen MR) is 85.0 cm³/mol. The smallest absolute Gasteiger partial charge is 0.323 e. The van der Waals surface area contributed by atoms with Crippen molar-refractivity contribution in [3.05, 3.63) is 35.9 Å². The average molecular weight is 306 g/mol. The van der Waals surface area contributed by atoms with Crippen LogP contribution < -0.4 is 10.8 Å². The van der Waals surface area contributed by atoms with Crippen LogP contribution in [0.25, 0.3) is 0 Å². The molecule has 0 spiro atoms. The summed E-state index contributed by atoms with van der Waals surface area (Å²) in [6.45, 7) is 6.88. The minimum atomic E-state index is -0.438. The van der Waals surface area contributed by atoms with E-state index in [1.807, 2.05) is 51.1 Å². The number of benzene rings is 1. The van der Waals surface area contributed by atoms with Crippen LogP contribution in [0.2, 0.25) is 0 Å². The van der Waals surface area contributed by atoms with Gasteiger partial charge >= 0.3 is 5.97 Å². The largest absolute Gasteiger partial charge is 0.459 e. The first-order valence-electron chi connectivity index (χ1n) is 7.81. The van der Waals surface area contributed by atoms with Crippen molar-refractivity contribution in [2.24, 2.45) is 0 Å². The molecule has 1 aromatic rings. The van der Waals surface area contributed by atoms with Crippen LogP contribution in [0.1, 0.15) is 39.2 Å². The molecule has 2 N–H and O–H groups in total. The molecule has 0 aliphatic carbocycles. The molecule has 0 radical (unpaired) electrons. The van der Waals surface area contributed by atoms with Gasteiger partial charge in [0, 0.05) is 12.6 Å². The molecule has 2 unspecified atom stereocenters. The fourth-order valence-electron chi connectivity index (χ4n) is 2.35. The fourth-order valence-corrected chi connectivity index (χ4v) is 2.35. The number of piperidine rings is 1. The van der Waals surface area contributed by atoms with Crippen LogP contribution in [-0.2, 0) is 21.0 Å². The van der Waals surface area contributed by atoms with E-state index in [2.05, 4.69) is 10.8 Å². The molecular weight excluding hydrogens is 280 g/mol. The van der Waals surface area contributed by atoms with Crippen molar-refractivity contribution in [2.75, 3.05) is 6.54 Å². The molecule has 5 nitrogen and oxygen atoms in total. The van der Waals surface area contributed by atoms with Gasteiger partial charge in [-0.3, -0.25) is 9.63 Å². The van der Waals surface area contributed by atoms with Crippen LogP contribution in [0.15, 0.2) is 30.3 Å². The number of carbonyl (C=O) groups is 1. The highest BCUT2D eigenvalue weighted by Gasteiger charge is 2.29. The molecule has 0 bridgehead atoms. The van der Waals surface area contributed by atoms with Crippen molar-refractivity contribution in [3.63, 3.8) is 0 Å². The monoisotopic (exact) mass is 306 g/mol. The molecule has 1 aliphatic rings. The van der Waals surface area contributed by atoms with Gasteiger partial charge in [0.2, 0.25) is 0 Å². The lowest BCUT2D eigenvalue weighted by atomic mass is 10.0. The number of ether oxygens (including phenoxy) is 1. The maximum absolute atomic E-state index is 12.0. The Kier molecular flexibility index (Phi) is 5.94. The summed E-state index contributed by atoms with van der Waals surface area (Å²) in [7, 11) is 0. The van der Waals surface area contributed by atoms with Crippen LogP contribution in [0.3, 0.4) is 0 Å². The Hall–Kier alpha value is -1.43. The molecule has 22 heavy (non-hydrogen) atoms. The Morgan fingerprint density at radius 2 is 2.00 bits per heavy atom. The maximum Gasteiger partial charge on any atom is 0.323 e. The van der Waals surface area contributed by atoms with Crippen molar-refractivity contribution in [2.45, 2.75) is 57.9 Å². The summed E-state index contributed by atoms with van der Waals surface area (Å²) < 4.78 is 5.40. The highest BCUT2D eigenvalue weighted by molar-refractivity contribution is 5.76. The van der Waals surface area contributed by atoms with E-state index in [0.717, 1.165) is 18.4 Å². The number of nitrogens with one attached hydrogen (secondary N) is 2. The lowest BCUT2D eigenvalue weighted by Gasteiger charge is -2.31. The standard InChI is InChI=1S/C17H26N2O3/c1-17(2,3)22-16(20)15-10-9-14(11-18-15)19-21-12-13-7-5-4-6-8-13/h4-8,14-15,18-19H,9-12H2,1-3H3. The van der Waals surface area contributed by atoms with Gasteiger partial charge < -0.3 is 10.1 Å². The van der Waals surface area contributed by atoms with E-state index in [4.69, 9.17) is 9.57 Å². The molecule has 122 valence electrons. The molecule has 1 saturated heterocycles. The summed E-state index contributed by atoms with van der Waals surface area (Å²) in [6.07, 6.45) is 1.63. The van der Waals surface area contributed by atoms with Crippen LogP contribution in [0, 0.1) is 0 Å². The van der Waals surface area contributed by atoms with E-state index in [9.17, 15) is 4.79 Å². The highest BCUT2D eigenvalue weighted by atomic mass is 16.6. The zero-order valence-electron chi connectivity index (χ0n) is 13.6. The SMILES string of the molecule is CC(C)(C)OC(=O)C1CCC(NOCc2ccccc2)CN1. The molecular formula is C17H26N2O3. The summed E-state index contributed by atoms with van der Waals surface area (Å²) in [4.78, 5) is 17.5. The Morgan fingerprint density at radius 3 is 2.59 bits per heavy atom. The number of hydrogen-bond acceptors (Lipinski definition) is 5. The topological polar surface area (TPSA) is 59.6 Å². The Morgan fingerprint density at radius 1 is 1.27 bits per heavy atom.